The molecule has 0 unspecified atom stereocenters. The summed E-state index contributed by atoms with van der Waals surface area (Å²) in [5.41, 5.74) is 5.30. The van der Waals surface area contributed by atoms with Gasteiger partial charge in [0, 0.05) is 0 Å². The van der Waals surface area contributed by atoms with E-state index in [1.54, 1.807) is 6.07 Å². The maximum Gasteiger partial charge on any atom is 0.290 e. The average Bonchev–Trinajstić information content (AvgIpc) is 2.16. The van der Waals surface area contributed by atoms with Gasteiger partial charge in [-0.05, 0) is 6.07 Å². The van der Waals surface area contributed by atoms with Gasteiger partial charge < -0.3 is 10.5 Å². The number of rotatable bonds is 2. The highest BCUT2D eigenvalue weighted by molar-refractivity contribution is 5.64. The molecule has 0 bridgehead atoms. The Bertz CT molecular complexity index is 423. The van der Waals surface area contributed by atoms with Gasteiger partial charge in [0.05, 0.1) is 23.8 Å². The molecular formula is C8H7N3O3. The lowest BCUT2D eigenvalue weighted by molar-refractivity contribution is -0.385. The summed E-state index contributed by atoms with van der Waals surface area (Å²) in [5.74, 6) is 0.190. The summed E-state index contributed by atoms with van der Waals surface area (Å²) >= 11 is 0. The topological polar surface area (TPSA) is 102 Å². The van der Waals surface area contributed by atoms with E-state index in [4.69, 9.17) is 15.7 Å². The van der Waals surface area contributed by atoms with Crippen molar-refractivity contribution in [2.75, 3.05) is 12.8 Å². The fourth-order valence-electron chi connectivity index (χ4n) is 1.00. The second kappa shape index (κ2) is 3.62. The highest BCUT2D eigenvalue weighted by Crippen LogP contribution is 2.29. The summed E-state index contributed by atoms with van der Waals surface area (Å²) in [6.45, 7) is 0. The molecule has 14 heavy (non-hydrogen) atoms. The van der Waals surface area contributed by atoms with E-state index in [0.29, 0.717) is 0 Å². The lowest BCUT2D eigenvalue weighted by Gasteiger charge is -2.04. The normalized spacial score (nSPS) is 9.14. The van der Waals surface area contributed by atoms with Crippen molar-refractivity contribution < 1.29 is 9.66 Å². The first kappa shape index (κ1) is 9.80. The number of nitro groups is 1. The van der Waals surface area contributed by atoms with Crippen LogP contribution >= 0.6 is 0 Å². The third-order valence-electron chi connectivity index (χ3n) is 1.67. The van der Waals surface area contributed by atoms with Gasteiger partial charge in [0.2, 0.25) is 0 Å². The molecule has 6 nitrogen and oxygen atoms in total. The Morgan fingerprint density at radius 3 is 2.71 bits per heavy atom. The molecule has 0 saturated heterocycles. The van der Waals surface area contributed by atoms with Gasteiger partial charge in [0.15, 0.2) is 0 Å². The van der Waals surface area contributed by atoms with Crippen LogP contribution in [-0.2, 0) is 0 Å². The molecule has 1 aromatic carbocycles. The summed E-state index contributed by atoms with van der Waals surface area (Å²) < 4.78 is 4.80. The largest absolute Gasteiger partial charge is 0.494 e. The van der Waals surface area contributed by atoms with Gasteiger partial charge in [0.1, 0.15) is 17.4 Å². The maximum absolute atomic E-state index is 10.5. The third-order valence-corrected chi connectivity index (χ3v) is 1.67. The Labute approximate surface area is 79.7 Å². The van der Waals surface area contributed by atoms with E-state index in [0.717, 1.165) is 6.07 Å². The number of anilines is 1. The minimum absolute atomic E-state index is 0.0756. The number of benzene rings is 1. The second-order valence-corrected chi connectivity index (χ2v) is 2.48. The predicted molar refractivity (Wildman–Crippen MR) is 48.8 cm³/mol. The molecule has 0 aliphatic heterocycles. The molecule has 72 valence electrons. The van der Waals surface area contributed by atoms with Crippen LogP contribution in [0.25, 0.3) is 0 Å². The summed E-state index contributed by atoms with van der Waals surface area (Å²) in [4.78, 5) is 9.87. The molecular weight excluding hydrogens is 186 g/mol. The average molecular weight is 193 g/mol. The van der Waals surface area contributed by atoms with Crippen molar-refractivity contribution in [3.63, 3.8) is 0 Å². The van der Waals surface area contributed by atoms with Gasteiger partial charge in [0.25, 0.3) is 5.69 Å². The highest BCUT2D eigenvalue weighted by atomic mass is 16.6. The van der Waals surface area contributed by atoms with E-state index >= 15 is 0 Å². The molecule has 1 aromatic rings. The standard InChI is InChI=1S/C8H7N3O3/c1-14-8-3-7(11(12)13)5(4-9)2-6(8)10/h2-3H,10H2,1H3. The van der Waals surface area contributed by atoms with Gasteiger partial charge in [-0.25, -0.2) is 0 Å². The number of nitrogens with two attached hydrogens (primary N) is 1. The van der Waals surface area contributed by atoms with Crippen molar-refractivity contribution in [3.8, 4) is 11.8 Å². The van der Waals surface area contributed by atoms with Crippen LogP contribution < -0.4 is 10.5 Å². The minimum Gasteiger partial charge on any atom is -0.494 e. The van der Waals surface area contributed by atoms with Gasteiger partial charge in [-0.1, -0.05) is 0 Å². The van der Waals surface area contributed by atoms with E-state index in [-0.39, 0.29) is 22.7 Å². The van der Waals surface area contributed by atoms with Crippen LogP contribution in [0.4, 0.5) is 11.4 Å². The number of nitrogens with zero attached hydrogens (tertiary/aromatic N) is 2. The molecule has 0 aliphatic rings. The van der Waals surface area contributed by atoms with Gasteiger partial charge in [-0.2, -0.15) is 5.26 Å². The molecule has 1 rings (SSSR count). The maximum atomic E-state index is 10.5. The quantitative estimate of drug-likeness (QED) is 0.429. The first-order chi connectivity index (χ1) is 6.60. The van der Waals surface area contributed by atoms with Crippen LogP contribution in [0, 0.1) is 21.4 Å². The molecule has 0 atom stereocenters. The predicted octanol–water partition coefficient (Wildman–Crippen LogP) is 1.06. The molecule has 0 saturated carbocycles. The Morgan fingerprint density at radius 1 is 1.64 bits per heavy atom. The molecule has 6 heteroatoms. The zero-order valence-corrected chi connectivity index (χ0v) is 7.35. The molecule has 0 amide bonds. The highest BCUT2D eigenvalue weighted by Gasteiger charge is 2.17. The van der Waals surface area contributed by atoms with E-state index < -0.39 is 4.92 Å². The van der Waals surface area contributed by atoms with E-state index in [1.807, 2.05) is 0 Å². The SMILES string of the molecule is COc1cc([N+](=O)[O-])c(C#N)cc1N. The van der Waals surface area contributed by atoms with Crippen molar-refractivity contribution in [2.24, 2.45) is 0 Å². The third kappa shape index (κ3) is 1.56. The van der Waals surface area contributed by atoms with Crippen LogP contribution in [0.1, 0.15) is 5.56 Å². The smallest absolute Gasteiger partial charge is 0.290 e. The van der Waals surface area contributed by atoms with Crippen LogP contribution in [-0.4, -0.2) is 12.0 Å². The minimum atomic E-state index is -0.652. The van der Waals surface area contributed by atoms with Gasteiger partial charge in [-0.3, -0.25) is 10.1 Å². The zero-order chi connectivity index (χ0) is 10.7. The lowest BCUT2D eigenvalue weighted by atomic mass is 10.1. The van der Waals surface area contributed by atoms with Crippen molar-refractivity contribution in [1.29, 1.82) is 5.26 Å². The van der Waals surface area contributed by atoms with Crippen LogP contribution in [0.15, 0.2) is 12.1 Å². The molecule has 0 radical (unpaired) electrons. The van der Waals surface area contributed by atoms with Gasteiger partial charge in [-0.15, -0.1) is 0 Å². The zero-order valence-electron chi connectivity index (χ0n) is 7.35. The summed E-state index contributed by atoms with van der Waals surface area (Å²) in [6.07, 6.45) is 0. The van der Waals surface area contributed by atoms with E-state index in [1.165, 1.54) is 13.2 Å². The monoisotopic (exact) mass is 193 g/mol. The first-order valence-electron chi connectivity index (χ1n) is 3.62. The fraction of sp³-hybridized carbons (Fsp3) is 0.125. The molecule has 0 spiro atoms. The number of nitriles is 1. The lowest BCUT2D eigenvalue weighted by Crippen LogP contribution is -1.98. The first-order valence-corrected chi connectivity index (χ1v) is 3.62. The molecule has 0 aromatic heterocycles. The van der Waals surface area contributed by atoms with E-state index in [9.17, 15) is 10.1 Å². The Hall–Kier alpha value is -2.29. The molecule has 2 N–H and O–H groups in total. The van der Waals surface area contributed by atoms with Crippen LogP contribution in [0.3, 0.4) is 0 Å². The number of methoxy groups -OCH3 is 1. The van der Waals surface area contributed by atoms with Crippen molar-refractivity contribution in [3.05, 3.63) is 27.8 Å². The second-order valence-electron chi connectivity index (χ2n) is 2.48. The van der Waals surface area contributed by atoms with Crippen molar-refractivity contribution in [1.82, 2.24) is 0 Å². The summed E-state index contributed by atoms with van der Waals surface area (Å²) in [5, 5.41) is 19.1. The fourth-order valence-corrected chi connectivity index (χ4v) is 1.00. The number of nitrogen functional groups attached to an aromatic ring is 1. The van der Waals surface area contributed by atoms with Crippen LogP contribution in [0.2, 0.25) is 0 Å². The number of hydrogen-bond acceptors (Lipinski definition) is 5. The number of hydrogen-bond donors (Lipinski definition) is 1. The summed E-state index contributed by atoms with van der Waals surface area (Å²) in [7, 11) is 1.35. The van der Waals surface area contributed by atoms with Gasteiger partial charge >= 0.3 is 0 Å². The number of ether oxygens (including phenoxy) is 1. The number of nitro benzene ring substituents is 1. The molecule has 0 aliphatic carbocycles. The van der Waals surface area contributed by atoms with Crippen molar-refractivity contribution >= 4 is 11.4 Å². The van der Waals surface area contributed by atoms with Crippen molar-refractivity contribution in [2.45, 2.75) is 0 Å². The Morgan fingerprint density at radius 2 is 2.29 bits per heavy atom. The Balaban J connectivity index is 3.42. The molecule has 0 fully saturated rings. The summed E-state index contributed by atoms with van der Waals surface area (Å²) in [6, 6.07) is 4.04. The Kier molecular flexibility index (Phi) is 2.53. The van der Waals surface area contributed by atoms with E-state index in [2.05, 4.69) is 0 Å². The van der Waals surface area contributed by atoms with Crippen LogP contribution in [0.5, 0.6) is 5.75 Å². The molecule has 0 heterocycles.